The number of hydrogen-bond donors (Lipinski definition) is 1. The van der Waals surface area contributed by atoms with E-state index >= 15 is 0 Å². The summed E-state index contributed by atoms with van der Waals surface area (Å²) in [5.41, 5.74) is 0.585. The maximum absolute atomic E-state index is 12.3. The quantitative estimate of drug-likeness (QED) is 0.914. The number of carbonyl (C=O) groups excluding carboxylic acids is 2. The van der Waals surface area contributed by atoms with Gasteiger partial charge in [-0.05, 0) is 0 Å². The van der Waals surface area contributed by atoms with Gasteiger partial charge in [-0.15, -0.1) is 0 Å². The molecule has 1 heterocycles. The minimum absolute atomic E-state index is 0.232. The SMILES string of the molecule is COC(=O)N1CCN(C(=O)Nc2cc(OC)cc(OC)c2)CC1. The summed E-state index contributed by atoms with van der Waals surface area (Å²) in [5, 5.41) is 2.81. The summed E-state index contributed by atoms with van der Waals surface area (Å²) < 4.78 is 15.0. The van der Waals surface area contributed by atoms with Gasteiger partial charge in [0.05, 0.1) is 21.3 Å². The van der Waals surface area contributed by atoms with Crippen LogP contribution in [-0.4, -0.2) is 69.4 Å². The third kappa shape index (κ3) is 4.18. The van der Waals surface area contributed by atoms with E-state index in [1.807, 2.05) is 0 Å². The standard InChI is InChI=1S/C15H21N3O5/c1-21-12-8-11(9-13(10-12)22-2)16-14(19)17-4-6-18(7-5-17)15(20)23-3/h8-10H,4-7H2,1-3H3,(H,16,19). The highest BCUT2D eigenvalue weighted by Gasteiger charge is 2.24. The van der Waals surface area contributed by atoms with Gasteiger partial charge in [0.2, 0.25) is 0 Å². The molecule has 1 saturated heterocycles. The number of benzene rings is 1. The number of hydrogen-bond acceptors (Lipinski definition) is 5. The Bertz CT molecular complexity index is 548. The van der Waals surface area contributed by atoms with Crippen molar-refractivity contribution in [3.63, 3.8) is 0 Å². The third-order valence-electron chi connectivity index (χ3n) is 3.60. The smallest absolute Gasteiger partial charge is 0.409 e. The molecule has 23 heavy (non-hydrogen) atoms. The molecule has 8 nitrogen and oxygen atoms in total. The summed E-state index contributed by atoms with van der Waals surface area (Å²) >= 11 is 0. The molecule has 2 rings (SSSR count). The van der Waals surface area contributed by atoms with Gasteiger partial charge in [-0.3, -0.25) is 0 Å². The minimum atomic E-state index is -0.373. The van der Waals surface area contributed by atoms with Crippen molar-refractivity contribution in [2.45, 2.75) is 0 Å². The van der Waals surface area contributed by atoms with Crippen LogP contribution in [0.2, 0.25) is 0 Å². The lowest BCUT2D eigenvalue weighted by Gasteiger charge is -2.33. The molecule has 1 N–H and O–H groups in total. The Morgan fingerprint density at radius 2 is 1.43 bits per heavy atom. The average Bonchev–Trinajstić information content (AvgIpc) is 2.60. The summed E-state index contributed by atoms with van der Waals surface area (Å²) in [6, 6.07) is 4.92. The zero-order valence-electron chi connectivity index (χ0n) is 13.5. The van der Waals surface area contributed by atoms with E-state index in [-0.39, 0.29) is 12.1 Å². The Morgan fingerprint density at radius 3 is 1.91 bits per heavy atom. The molecule has 0 radical (unpaired) electrons. The van der Waals surface area contributed by atoms with Crippen LogP contribution < -0.4 is 14.8 Å². The average molecular weight is 323 g/mol. The molecule has 0 unspecified atom stereocenters. The molecule has 0 atom stereocenters. The summed E-state index contributed by atoms with van der Waals surface area (Å²) in [4.78, 5) is 27.0. The van der Waals surface area contributed by atoms with Crippen LogP contribution in [0.5, 0.6) is 11.5 Å². The Labute approximate surface area is 134 Å². The third-order valence-corrected chi connectivity index (χ3v) is 3.60. The molecule has 1 aliphatic rings. The predicted octanol–water partition coefficient (Wildman–Crippen LogP) is 1.62. The van der Waals surface area contributed by atoms with E-state index in [1.54, 1.807) is 42.2 Å². The van der Waals surface area contributed by atoms with Gasteiger partial charge in [-0.25, -0.2) is 9.59 Å². The van der Waals surface area contributed by atoms with Crippen molar-refractivity contribution >= 4 is 17.8 Å². The largest absolute Gasteiger partial charge is 0.497 e. The van der Waals surface area contributed by atoms with Crippen molar-refractivity contribution in [2.75, 3.05) is 52.8 Å². The van der Waals surface area contributed by atoms with Crippen molar-refractivity contribution in [3.05, 3.63) is 18.2 Å². The van der Waals surface area contributed by atoms with Crippen LogP contribution in [-0.2, 0) is 4.74 Å². The maximum Gasteiger partial charge on any atom is 0.409 e. The molecule has 3 amide bonds. The Kier molecular flexibility index (Phi) is 5.51. The second-order valence-electron chi connectivity index (χ2n) is 4.98. The number of piperazine rings is 1. The van der Waals surface area contributed by atoms with E-state index in [1.165, 1.54) is 7.11 Å². The second kappa shape index (κ2) is 7.57. The lowest BCUT2D eigenvalue weighted by Crippen LogP contribution is -2.51. The van der Waals surface area contributed by atoms with Crippen LogP contribution in [0.25, 0.3) is 0 Å². The second-order valence-corrected chi connectivity index (χ2v) is 4.98. The van der Waals surface area contributed by atoms with Crippen molar-refractivity contribution in [1.29, 1.82) is 0 Å². The van der Waals surface area contributed by atoms with Crippen molar-refractivity contribution in [1.82, 2.24) is 9.80 Å². The molecule has 1 aromatic rings. The van der Waals surface area contributed by atoms with Gasteiger partial charge in [-0.2, -0.15) is 0 Å². The molecule has 0 spiro atoms. The van der Waals surface area contributed by atoms with Crippen molar-refractivity contribution in [3.8, 4) is 11.5 Å². The first-order valence-corrected chi connectivity index (χ1v) is 7.19. The first kappa shape index (κ1) is 16.7. The number of amides is 3. The zero-order valence-corrected chi connectivity index (χ0v) is 13.5. The lowest BCUT2D eigenvalue weighted by atomic mass is 10.2. The van der Waals surface area contributed by atoms with E-state index in [2.05, 4.69) is 10.1 Å². The molecule has 1 aliphatic heterocycles. The van der Waals surface area contributed by atoms with Crippen LogP contribution in [0, 0.1) is 0 Å². The Balaban J connectivity index is 1.96. The van der Waals surface area contributed by atoms with E-state index < -0.39 is 0 Å². The van der Waals surface area contributed by atoms with Gasteiger partial charge in [0, 0.05) is 50.1 Å². The first-order valence-electron chi connectivity index (χ1n) is 7.19. The molecule has 126 valence electrons. The van der Waals surface area contributed by atoms with Crippen LogP contribution in [0.3, 0.4) is 0 Å². The summed E-state index contributed by atoms with van der Waals surface area (Å²) in [6.07, 6.45) is -0.373. The zero-order chi connectivity index (χ0) is 16.8. The van der Waals surface area contributed by atoms with Gasteiger partial charge in [0.15, 0.2) is 0 Å². The van der Waals surface area contributed by atoms with Crippen molar-refractivity contribution < 1.29 is 23.8 Å². The highest BCUT2D eigenvalue weighted by Crippen LogP contribution is 2.26. The number of urea groups is 1. The monoisotopic (exact) mass is 323 g/mol. The van der Waals surface area contributed by atoms with Crippen LogP contribution in [0.1, 0.15) is 0 Å². The number of nitrogens with zero attached hydrogens (tertiary/aromatic N) is 2. The van der Waals surface area contributed by atoms with Crippen LogP contribution >= 0.6 is 0 Å². The van der Waals surface area contributed by atoms with Gasteiger partial charge in [0.1, 0.15) is 11.5 Å². The van der Waals surface area contributed by atoms with Gasteiger partial charge < -0.3 is 29.3 Å². The number of nitrogens with one attached hydrogen (secondary N) is 1. The molecule has 1 fully saturated rings. The van der Waals surface area contributed by atoms with E-state index in [9.17, 15) is 9.59 Å². The maximum atomic E-state index is 12.3. The lowest BCUT2D eigenvalue weighted by molar-refractivity contribution is 0.0992. The molecular weight excluding hydrogens is 302 g/mol. The van der Waals surface area contributed by atoms with E-state index in [0.29, 0.717) is 43.4 Å². The predicted molar refractivity (Wildman–Crippen MR) is 84.1 cm³/mol. The first-order chi connectivity index (χ1) is 11.1. The summed E-state index contributed by atoms with van der Waals surface area (Å²) in [7, 11) is 4.44. The molecule has 8 heteroatoms. The van der Waals surface area contributed by atoms with Gasteiger partial charge >= 0.3 is 12.1 Å². The van der Waals surface area contributed by atoms with E-state index in [4.69, 9.17) is 9.47 Å². The number of anilines is 1. The van der Waals surface area contributed by atoms with Crippen molar-refractivity contribution in [2.24, 2.45) is 0 Å². The molecule has 0 aliphatic carbocycles. The normalized spacial score (nSPS) is 14.2. The van der Waals surface area contributed by atoms with E-state index in [0.717, 1.165) is 0 Å². The highest BCUT2D eigenvalue weighted by atomic mass is 16.5. The topological polar surface area (TPSA) is 80.3 Å². The Hall–Kier alpha value is -2.64. The van der Waals surface area contributed by atoms with Crippen LogP contribution in [0.4, 0.5) is 15.3 Å². The molecule has 1 aromatic carbocycles. The Morgan fingerprint density at radius 1 is 0.913 bits per heavy atom. The highest BCUT2D eigenvalue weighted by molar-refractivity contribution is 5.90. The number of ether oxygens (including phenoxy) is 3. The fraction of sp³-hybridized carbons (Fsp3) is 0.467. The summed E-state index contributed by atoms with van der Waals surface area (Å²) in [5.74, 6) is 1.19. The van der Waals surface area contributed by atoms with Gasteiger partial charge in [0.25, 0.3) is 0 Å². The number of rotatable bonds is 3. The number of carbonyl (C=O) groups is 2. The fourth-order valence-corrected chi connectivity index (χ4v) is 2.30. The van der Waals surface area contributed by atoms with Crippen LogP contribution in [0.15, 0.2) is 18.2 Å². The molecule has 0 saturated carbocycles. The van der Waals surface area contributed by atoms with Gasteiger partial charge in [-0.1, -0.05) is 0 Å². The number of methoxy groups -OCH3 is 3. The summed E-state index contributed by atoms with van der Waals surface area (Å²) in [6.45, 7) is 1.78. The minimum Gasteiger partial charge on any atom is -0.497 e. The fourth-order valence-electron chi connectivity index (χ4n) is 2.30. The molecular formula is C15H21N3O5. The molecule has 0 aromatic heterocycles. The molecule has 0 bridgehead atoms.